The number of anilines is 1. The van der Waals surface area contributed by atoms with E-state index in [4.69, 9.17) is 0 Å². The average Bonchev–Trinajstić information content (AvgIpc) is 2.98. The Hall–Kier alpha value is -2.79. The Morgan fingerprint density at radius 2 is 1.85 bits per heavy atom. The first-order valence-corrected chi connectivity index (χ1v) is 9.32. The quantitative estimate of drug-likeness (QED) is 0.571. The Labute approximate surface area is 152 Å². The van der Waals surface area contributed by atoms with Crippen molar-refractivity contribution >= 4 is 22.5 Å². The van der Waals surface area contributed by atoms with Gasteiger partial charge in [-0.2, -0.15) is 0 Å². The van der Waals surface area contributed by atoms with E-state index in [1.165, 1.54) is 24.8 Å². The topological polar surface area (TPSA) is 69.0 Å². The summed E-state index contributed by atoms with van der Waals surface area (Å²) in [6.45, 7) is 1.53. The van der Waals surface area contributed by atoms with Gasteiger partial charge in [0.15, 0.2) is 0 Å². The van der Waals surface area contributed by atoms with Gasteiger partial charge in [-0.05, 0) is 37.1 Å². The van der Waals surface area contributed by atoms with Gasteiger partial charge in [0.25, 0.3) is 5.91 Å². The Kier molecular flexibility index (Phi) is 3.68. The molecule has 1 aromatic heterocycles. The fourth-order valence-corrected chi connectivity index (χ4v) is 4.16. The van der Waals surface area contributed by atoms with E-state index in [1.807, 2.05) is 18.2 Å². The maximum absolute atomic E-state index is 12.3. The SMILES string of the molecule is O=C1NCNc2c(-c3ccc(C4CCCCN4)cc3)[nH]c3cccc1c23. The van der Waals surface area contributed by atoms with Crippen LogP contribution in [0, 0.1) is 0 Å². The van der Waals surface area contributed by atoms with Crippen LogP contribution in [-0.4, -0.2) is 24.1 Å². The predicted octanol–water partition coefficient (Wildman–Crippen LogP) is 3.76. The van der Waals surface area contributed by atoms with Crippen molar-refractivity contribution in [2.45, 2.75) is 25.3 Å². The zero-order valence-corrected chi connectivity index (χ0v) is 14.6. The number of piperidine rings is 1. The van der Waals surface area contributed by atoms with Crippen LogP contribution in [0.2, 0.25) is 0 Å². The van der Waals surface area contributed by atoms with Crippen LogP contribution in [0.3, 0.4) is 0 Å². The van der Waals surface area contributed by atoms with Crippen LogP contribution in [0.4, 0.5) is 5.69 Å². The minimum absolute atomic E-state index is 0.0360. The molecule has 26 heavy (non-hydrogen) atoms. The molecule has 1 saturated heterocycles. The molecule has 132 valence electrons. The molecule has 3 aromatic rings. The van der Waals surface area contributed by atoms with Gasteiger partial charge in [0, 0.05) is 22.5 Å². The molecule has 1 amide bonds. The molecule has 2 aliphatic rings. The number of nitrogens with one attached hydrogen (secondary N) is 4. The van der Waals surface area contributed by atoms with Crippen molar-refractivity contribution in [3.63, 3.8) is 0 Å². The lowest BCUT2D eigenvalue weighted by molar-refractivity contribution is 0.0959. The number of aromatic amines is 1. The highest BCUT2D eigenvalue weighted by Crippen LogP contribution is 2.38. The van der Waals surface area contributed by atoms with Gasteiger partial charge in [0.05, 0.1) is 23.6 Å². The average molecular weight is 346 g/mol. The molecule has 5 heteroatoms. The molecule has 4 N–H and O–H groups in total. The van der Waals surface area contributed by atoms with E-state index < -0.39 is 0 Å². The van der Waals surface area contributed by atoms with Crippen molar-refractivity contribution in [3.05, 3.63) is 53.6 Å². The molecule has 0 aliphatic carbocycles. The number of hydrogen-bond acceptors (Lipinski definition) is 3. The summed E-state index contributed by atoms with van der Waals surface area (Å²) < 4.78 is 0. The number of benzene rings is 2. The molecular weight excluding hydrogens is 324 g/mol. The van der Waals surface area contributed by atoms with E-state index in [-0.39, 0.29) is 5.91 Å². The maximum atomic E-state index is 12.3. The summed E-state index contributed by atoms with van der Waals surface area (Å²) in [5.74, 6) is -0.0360. The van der Waals surface area contributed by atoms with Crippen molar-refractivity contribution in [1.82, 2.24) is 15.6 Å². The van der Waals surface area contributed by atoms with Crippen LogP contribution in [-0.2, 0) is 0 Å². The predicted molar refractivity (Wildman–Crippen MR) is 104 cm³/mol. The van der Waals surface area contributed by atoms with Gasteiger partial charge in [-0.3, -0.25) is 4.79 Å². The van der Waals surface area contributed by atoms with Crippen LogP contribution in [0.15, 0.2) is 42.5 Å². The molecule has 2 aromatic carbocycles. The molecule has 5 nitrogen and oxygen atoms in total. The van der Waals surface area contributed by atoms with Crippen molar-refractivity contribution < 1.29 is 4.79 Å². The highest BCUT2D eigenvalue weighted by Gasteiger charge is 2.22. The number of aromatic nitrogens is 1. The molecule has 1 unspecified atom stereocenters. The van der Waals surface area contributed by atoms with E-state index in [2.05, 4.69) is 45.2 Å². The van der Waals surface area contributed by atoms with Gasteiger partial charge < -0.3 is 20.9 Å². The standard InChI is InChI=1S/C21H22N4O/c26-21-15-4-3-6-17-18(15)20(23-12-24-21)19(25-17)14-9-7-13(8-10-14)16-5-1-2-11-22-16/h3-4,6-10,16,22-23,25H,1-2,5,11-12H2,(H,24,26). The molecule has 1 fully saturated rings. The summed E-state index contributed by atoms with van der Waals surface area (Å²) >= 11 is 0. The monoisotopic (exact) mass is 346 g/mol. The summed E-state index contributed by atoms with van der Waals surface area (Å²) in [6, 6.07) is 15.1. The van der Waals surface area contributed by atoms with Gasteiger partial charge in [-0.25, -0.2) is 0 Å². The molecule has 5 rings (SSSR count). The van der Waals surface area contributed by atoms with Gasteiger partial charge in [-0.15, -0.1) is 0 Å². The smallest absolute Gasteiger partial charge is 0.253 e. The highest BCUT2D eigenvalue weighted by atomic mass is 16.1. The lowest BCUT2D eigenvalue weighted by Crippen LogP contribution is -2.26. The summed E-state index contributed by atoms with van der Waals surface area (Å²) in [5.41, 5.74) is 6.21. The second kappa shape index (κ2) is 6.18. The zero-order chi connectivity index (χ0) is 17.5. The number of hydrogen-bond donors (Lipinski definition) is 4. The highest BCUT2D eigenvalue weighted by molar-refractivity contribution is 6.15. The number of rotatable bonds is 2. The number of amides is 1. The minimum Gasteiger partial charge on any atom is -0.366 e. The van der Waals surface area contributed by atoms with Gasteiger partial charge >= 0.3 is 0 Å². The first kappa shape index (κ1) is 15.5. The number of carbonyl (C=O) groups is 1. The van der Waals surface area contributed by atoms with E-state index in [0.717, 1.165) is 34.4 Å². The third-order valence-corrected chi connectivity index (χ3v) is 5.49. The second-order valence-electron chi connectivity index (χ2n) is 7.09. The van der Waals surface area contributed by atoms with Crippen molar-refractivity contribution in [2.75, 3.05) is 18.5 Å². The third-order valence-electron chi connectivity index (χ3n) is 5.49. The van der Waals surface area contributed by atoms with Crippen LogP contribution in [0.5, 0.6) is 0 Å². The van der Waals surface area contributed by atoms with E-state index in [0.29, 0.717) is 18.3 Å². The fraction of sp³-hybridized carbons (Fsp3) is 0.286. The normalized spacial score (nSPS) is 19.7. The minimum atomic E-state index is -0.0360. The first-order chi connectivity index (χ1) is 12.8. The fourth-order valence-electron chi connectivity index (χ4n) is 4.16. The molecule has 0 saturated carbocycles. The Morgan fingerprint density at radius 3 is 2.65 bits per heavy atom. The molecule has 0 bridgehead atoms. The molecular formula is C21H22N4O. The molecule has 0 radical (unpaired) electrons. The lowest BCUT2D eigenvalue weighted by atomic mass is 9.96. The molecule has 3 heterocycles. The van der Waals surface area contributed by atoms with Crippen LogP contribution >= 0.6 is 0 Å². The second-order valence-corrected chi connectivity index (χ2v) is 7.09. The Balaban J connectivity index is 1.57. The summed E-state index contributed by atoms with van der Waals surface area (Å²) in [6.07, 6.45) is 3.77. The van der Waals surface area contributed by atoms with E-state index >= 15 is 0 Å². The maximum Gasteiger partial charge on any atom is 0.253 e. The number of carbonyl (C=O) groups excluding carboxylic acids is 1. The zero-order valence-electron chi connectivity index (χ0n) is 14.6. The van der Waals surface area contributed by atoms with Crippen molar-refractivity contribution in [3.8, 4) is 11.3 Å². The van der Waals surface area contributed by atoms with Gasteiger partial charge in [0.1, 0.15) is 0 Å². The largest absolute Gasteiger partial charge is 0.366 e. The van der Waals surface area contributed by atoms with Crippen molar-refractivity contribution in [2.24, 2.45) is 0 Å². The van der Waals surface area contributed by atoms with Crippen molar-refractivity contribution in [1.29, 1.82) is 0 Å². The lowest BCUT2D eigenvalue weighted by Gasteiger charge is -2.24. The Bertz CT molecular complexity index is 968. The Morgan fingerprint density at radius 1 is 0.962 bits per heavy atom. The molecule has 2 aliphatic heterocycles. The number of H-pyrrole nitrogens is 1. The van der Waals surface area contributed by atoms with E-state index in [1.54, 1.807) is 0 Å². The summed E-state index contributed by atoms with van der Waals surface area (Å²) in [5, 5.41) is 10.8. The first-order valence-electron chi connectivity index (χ1n) is 9.32. The third kappa shape index (κ3) is 2.47. The van der Waals surface area contributed by atoms with Gasteiger partial charge in [-0.1, -0.05) is 36.8 Å². The van der Waals surface area contributed by atoms with Crippen LogP contribution < -0.4 is 16.0 Å². The van der Waals surface area contributed by atoms with Crippen LogP contribution in [0.1, 0.15) is 41.2 Å². The summed E-state index contributed by atoms with van der Waals surface area (Å²) in [7, 11) is 0. The molecule has 1 atom stereocenters. The van der Waals surface area contributed by atoms with Crippen LogP contribution in [0.25, 0.3) is 22.2 Å². The van der Waals surface area contributed by atoms with E-state index in [9.17, 15) is 4.79 Å². The summed E-state index contributed by atoms with van der Waals surface area (Å²) in [4.78, 5) is 15.8. The van der Waals surface area contributed by atoms with Gasteiger partial charge in [0.2, 0.25) is 0 Å². The molecule has 0 spiro atoms.